The van der Waals surface area contributed by atoms with Gasteiger partial charge in [-0.15, -0.1) is 0 Å². The number of rotatable bonds is 21. The van der Waals surface area contributed by atoms with Crippen LogP contribution in [0.3, 0.4) is 0 Å². The predicted molar refractivity (Wildman–Crippen MR) is 132 cm³/mol. The van der Waals surface area contributed by atoms with Crippen molar-refractivity contribution in [1.29, 1.82) is 0 Å². The maximum absolute atomic E-state index is 11.0. The van der Waals surface area contributed by atoms with E-state index in [1.165, 1.54) is 38.5 Å². The molecule has 0 amide bonds. The van der Waals surface area contributed by atoms with Gasteiger partial charge in [0.05, 0.1) is 52.9 Å². The maximum atomic E-state index is 11.0. The van der Waals surface area contributed by atoms with Gasteiger partial charge >= 0.3 is 5.97 Å². The Bertz CT molecular complexity index is 584. The lowest BCUT2D eigenvalue weighted by molar-refractivity contribution is -0.207. The van der Waals surface area contributed by atoms with Gasteiger partial charge in [0.15, 0.2) is 5.75 Å². The number of aliphatic hydroxyl groups excluding tert-OH is 2. The van der Waals surface area contributed by atoms with Crippen LogP contribution < -0.4 is 4.89 Å². The first-order valence-electron chi connectivity index (χ1n) is 12.2. The number of aliphatic hydroxyl groups is 2. The third kappa shape index (κ3) is 20.6. The van der Waals surface area contributed by atoms with Crippen molar-refractivity contribution in [3.8, 4) is 5.75 Å². The summed E-state index contributed by atoms with van der Waals surface area (Å²) in [5.41, 5.74) is 1.07. The topological polar surface area (TPSA) is 104 Å². The summed E-state index contributed by atoms with van der Waals surface area (Å²) < 4.78 is 15.0. The van der Waals surface area contributed by atoms with Crippen molar-refractivity contribution < 1.29 is 39.0 Å². The van der Waals surface area contributed by atoms with Crippen LogP contribution in [0.25, 0.3) is 0 Å². The fourth-order valence-electron chi connectivity index (χ4n) is 2.86. The first kappa shape index (κ1) is 32.0. The van der Waals surface area contributed by atoms with Crippen molar-refractivity contribution in [2.45, 2.75) is 58.3 Å². The normalized spacial score (nSPS) is 10.3. The van der Waals surface area contributed by atoms with Crippen LogP contribution in [0, 0.1) is 0 Å². The number of ether oxygens (including phenoxy) is 3. The van der Waals surface area contributed by atoms with Gasteiger partial charge in [-0.1, -0.05) is 70.2 Å². The zero-order valence-corrected chi connectivity index (χ0v) is 20.8. The minimum absolute atomic E-state index is 0.0413. The highest BCUT2D eigenvalue weighted by Gasteiger charge is 2.06. The second-order valence-corrected chi connectivity index (χ2v) is 7.45. The summed E-state index contributed by atoms with van der Waals surface area (Å²) in [6.07, 6.45) is 10.9. The third-order valence-electron chi connectivity index (χ3n) is 4.62. The number of hydrogen-bond donors (Lipinski definition) is 2. The van der Waals surface area contributed by atoms with E-state index in [1.807, 2.05) is 24.3 Å². The number of carbonyl (C=O) groups is 1. The molecule has 8 heteroatoms. The smallest absolute Gasteiger partial charge is 0.378 e. The van der Waals surface area contributed by atoms with Gasteiger partial charge in [-0.05, 0) is 24.5 Å². The Hall–Kier alpha value is -1.97. The molecular formula is C26H44O8. The number of benzene rings is 1. The van der Waals surface area contributed by atoms with E-state index < -0.39 is 5.97 Å². The highest BCUT2D eigenvalue weighted by molar-refractivity contribution is 5.80. The van der Waals surface area contributed by atoms with Crippen LogP contribution in [0.15, 0.2) is 36.9 Å². The average molecular weight is 485 g/mol. The number of hydrogen-bond acceptors (Lipinski definition) is 8. The Balaban J connectivity index is 0.000000722. The molecule has 2 N–H and O–H groups in total. The molecule has 0 aliphatic rings. The van der Waals surface area contributed by atoms with Crippen molar-refractivity contribution in [3.63, 3.8) is 0 Å². The second-order valence-electron chi connectivity index (χ2n) is 7.45. The molecule has 0 radical (unpaired) electrons. The summed E-state index contributed by atoms with van der Waals surface area (Å²) in [7, 11) is 0. The van der Waals surface area contributed by atoms with E-state index in [0.717, 1.165) is 24.5 Å². The predicted octanol–water partition coefficient (Wildman–Crippen LogP) is 4.02. The molecule has 0 spiro atoms. The van der Waals surface area contributed by atoms with Gasteiger partial charge in [-0.25, -0.2) is 9.68 Å². The summed E-state index contributed by atoms with van der Waals surface area (Å²) in [6, 6.07) is 7.66. The third-order valence-corrected chi connectivity index (χ3v) is 4.62. The van der Waals surface area contributed by atoms with Crippen LogP contribution in [0.1, 0.15) is 57.4 Å². The molecule has 1 rings (SSSR count). The Labute approximate surface area is 204 Å². The molecule has 0 aliphatic heterocycles. The zero-order chi connectivity index (χ0) is 25.1. The van der Waals surface area contributed by atoms with Gasteiger partial charge in [0.2, 0.25) is 0 Å². The summed E-state index contributed by atoms with van der Waals surface area (Å²) in [5, 5.41) is 16.7. The fourth-order valence-corrected chi connectivity index (χ4v) is 2.86. The summed E-state index contributed by atoms with van der Waals surface area (Å²) in [6.45, 7) is 8.33. The molecule has 0 unspecified atom stereocenters. The molecule has 196 valence electrons. The number of unbranched alkanes of at least 4 members (excludes halogenated alkanes) is 6. The summed E-state index contributed by atoms with van der Waals surface area (Å²) in [4.78, 5) is 20.7. The van der Waals surface area contributed by atoms with Crippen molar-refractivity contribution in [1.82, 2.24) is 0 Å². The van der Waals surface area contributed by atoms with E-state index in [-0.39, 0.29) is 13.2 Å². The molecule has 0 saturated carbocycles. The molecule has 0 saturated heterocycles. The van der Waals surface area contributed by atoms with Crippen LogP contribution in [0.4, 0.5) is 0 Å². The Morgan fingerprint density at radius 2 is 1.35 bits per heavy atom. The lowest BCUT2D eigenvalue weighted by Crippen LogP contribution is -2.11. The molecule has 1 aromatic rings. The summed E-state index contributed by atoms with van der Waals surface area (Å²) in [5.74, 6) is 0.0272. The van der Waals surface area contributed by atoms with Gasteiger partial charge in [-0.2, -0.15) is 0 Å². The quantitative estimate of drug-likeness (QED) is 0.117. The molecule has 0 atom stereocenters. The zero-order valence-electron chi connectivity index (χ0n) is 20.8. The van der Waals surface area contributed by atoms with E-state index in [1.54, 1.807) is 0 Å². The van der Waals surface area contributed by atoms with Gasteiger partial charge < -0.3 is 24.4 Å². The molecule has 0 aromatic heterocycles. The molecule has 0 heterocycles. The van der Waals surface area contributed by atoms with E-state index in [2.05, 4.69) is 18.4 Å². The summed E-state index contributed by atoms with van der Waals surface area (Å²) >= 11 is 0. The molecule has 34 heavy (non-hydrogen) atoms. The fraction of sp³-hybridized carbons (Fsp3) is 0.654. The van der Waals surface area contributed by atoms with Gasteiger partial charge in [-0.3, -0.25) is 4.89 Å². The standard InChI is InChI=1S/C18H26O3.C8H18O5/c1-3-5-6-7-8-9-10-13-16-14-11-12-15-17(16)20-21-18(19)4-2;9-1-3-11-5-7-13-8-6-12-4-2-10/h4,11-12,14-15H,2-3,5-10,13H2,1H3;9-10H,1-8H2. The first-order chi connectivity index (χ1) is 16.7. The minimum atomic E-state index is -0.583. The number of para-hydroxylation sites is 1. The molecular weight excluding hydrogens is 440 g/mol. The molecule has 1 aromatic carbocycles. The lowest BCUT2D eigenvalue weighted by atomic mass is 10.0. The Kier molecular flexibility index (Phi) is 24.2. The van der Waals surface area contributed by atoms with Crippen molar-refractivity contribution in [2.75, 3.05) is 52.9 Å². The highest BCUT2D eigenvalue weighted by atomic mass is 17.2. The van der Waals surface area contributed by atoms with Crippen LogP contribution in [0.5, 0.6) is 5.75 Å². The number of carbonyl (C=O) groups excluding carboxylic acids is 1. The van der Waals surface area contributed by atoms with Gasteiger partial charge in [0, 0.05) is 6.08 Å². The van der Waals surface area contributed by atoms with Crippen molar-refractivity contribution in [3.05, 3.63) is 42.5 Å². The average Bonchev–Trinajstić information content (AvgIpc) is 2.86. The second kappa shape index (κ2) is 25.6. The monoisotopic (exact) mass is 484 g/mol. The Morgan fingerprint density at radius 1 is 0.824 bits per heavy atom. The number of aryl methyl sites for hydroxylation is 1. The van der Waals surface area contributed by atoms with Crippen LogP contribution >= 0.6 is 0 Å². The minimum Gasteiger partial charge on any atom is -0.394 e. The Morgan fingerprint density at radius 3 is 1.91 bits per heavy atom. The van der Waals surface area contributed by atoms with Crippen LogP contribution in [-0.4, -0.2) is 69.0 Å². The molecule has 0 aliphatic carbocycles. The van der Waals surface area contributed by atoms with Crippen molar-refractivity contribution >= 4 is 5.97 Å². The van der Waals surface area contributed by atoms with Crippen molar-refractivity contribution in [2.24, 2.45) is 0 Å². The molecule has 0 bridgehead atoms. The van der Waals surface area contributed by atoms with Crippen LogP contribution in [-0.2, 0) is 30.3 Å². The maximum Gasteiger partial charge on any atom is 0.378 e. The molecule has 8 nitrogen and oxygen atoms in total. The van der Waals surface area contributed by atoms with Gasteiger partial charge in [0.25, 0.3) is 0 Å². The van der Waals surface area contributed by atoms with E-state index >= 15 is 0 Å². The highest BCUT2D eigenvalue weighted by Crippen LogP contribution is 2.21. The first-order valence-corrected chi connectivity index (χ1v) is 12.2. The largest absolute Gasteiger partial charge is 0.394 e. The van der Waals surface area contributed by atoms with E-state index in [9.17, 15) is 4.79 Å². The van der Waals surface area contributed by atoms with Gasteiger partial charge in [0.1, 0.15) is 0 Å². The molecule has 0 fully saturated rings. The van der Waals surface area contributed by atoms with E-state index in [4.69, 9.17) is 29.3 Å². The lowest BCUT2D eigenvalue weighted by Gasteiger charge is -2.08. The van der Waals surface area contributed by atoms with E-state index in [0.29, 0.717) is 45.4 Å². The SMILES string of the molecule is C=CC(=O)OOc1ccccc1CCCCCCCCC.OCCOCCOCCOCCO. The van der Waals surface area contributed by atoms with Crippen LogP contribution in [0.2, 0.25) is 0 Å².